The summed E-state index contributed by atoms with van der Waals surface area (Å²) in [6.07, 6.45) is 0.755. The minimum Gasteiger partial charge on any atom is -0.497 e. The molecule has 0 amide bonds. The Morgan fingerprint density at radius 3 is 3.00 bits per heavy atom. The number of allylic oxidation sites excluding steroid dienone is 1. The van der Waals surface area contributed by atoms with Gasteiger partial charge < -0.3 is 15.2 Å². The van der Waals surface area contributed by atoms with Crippen molar-refractivity contribution in [2.24, 2.45) is 5.73 Å². The average Bonchev–Trinajstić information content (AvgIpc) is 2.95. The van der Waals surface area contributed by atoms with E-state index in [0.29, 0.717) is 11.5 Å². The quantitative estimate of drug-likeness (QED) is 0.905. The van der Waals surface area contributed by atoms with E-state index in [1.54, 1.807) is 7.11 Å². The number of hydrogen-bond acceptors (Lipinski definition) is 5. The van der Waals surface area contributed by atoms with Crippen molar-refractivity contribution in [2.45, 2.75) is 19.3 Å². The molecule has 0 fully saturated rings. The van der Waals surface area contributed by atoms with Gasteiger partial charge in [-0.3, -0.25) is 5.10 Å². The van der Waals surface area contributed by atoms with Crippen LogP contribution in [0.3, 0.4) is 0 Å². The number of nitrogens with zero attached hydrogens (tertiary/aromatic N) is 2. The first-order valence-electron chi connectivity index (χ1n) is 6.98. The summed E-state index contributed by atoms with van der Waals surface area (Å²) >= 11 is 0. The van der Waals surface area contributed by atoms with E-state index in [9.17, 15) is 5.26 Å². The van der Waals surface area contributed by atoms with Crippen molar-refractivity contribution >= 4 is 0 Å². The van der Waals surface area contributed by atoms with Crippen molar-refractivity contribution in [2.75, 3.05) is 7.11 Å². The Labute approximate surface area is 128 Å². The van der Waals surface area contributed by atoms with Gasteiger partial charge >= 0.3 is 0 Å². The fourth-order valence-corrected chi connectivity index (χ4v) is 2.73. The summed E-state index contributed by atoms with van der Waals surface area (Å²) in [7, 11) is 1.61. The van der Waals surface area contributed by atoms with Crippen molar-refractivity contribution in [1.82, 2.24) is 10.2 Å². The van der Waals surface area contributed by atoms with Crippen molar-refractivity contribution in [3.8, 4) is 17.7 Å². The summed E-state index contributed by atoms with van der Waals surface area (Å²) in [5, 5.41) is 16.6. The van der Waals surface area contributed by atoms with E-state index in [2.05, 4.69) is 16.3 Å². The number of aryl methyl sites for hydroxylation is 1. The van der Waals surface area contributed by atoms with E-state index in [-0.39, 0.29) is 11.8 Å². The highest BCUT2D eigenvalue weighted by Crippen LogP contribution is 2.43. The van der Waals surface area contributed by atoms with Gasteiger partial charge in [0.2, 0.25) is 11.8 Å². The second-order valence-electron chi connectivity index (χ2n) is 4.98. The molecule has 1 unspecified atom stereocenters. The van der Waals surface area contributed by atoms with Gasteiger partial charge in [-0.25, -0.2) is 0 Å². The molecule has 0 saturated carbocycles. The zero-order valence-corrected chi connectivity index (χ0v) is 12.4. The molecule has 1 aromatic heterocycles. The lowest BCUT2D eigenvalue weighted by Gasteiger charge is -2.24. The summed E-state index contributed by atoms with van der Waals surface area (Å²) in [5.74, 6) is 0.943. The lowest BCUT2D eigenvalue weighted by atomic mass is 9.83. The maximum atomic E-state index is 9.52. The highest BCUT2D eigenvalue weighted by Gasteiger charge is 2.34. The van der Waals surface area contributed by atoms with Gasteiger partial charge in [0.15, 0.2) is 0 Å². The van der Waals surface area contributed by atoms with Crippen LogP contribution < -0.4 is 15.2 Å². The van der Waals surface area contributed by atoms with Crippen molar-refractivity contribution in [3.63, 3.8) is 0 Å². The molecule has 3 rings (SSSR count). The Bertz CT molecular complexity index is 786. The SMILES string of the molecule is CCc1[nH]nc2c1C(c1cccc(OC)c1)C(C#N)=C(N)O2. The molecular formula is C16H16N4O2. The van der Waals surface area contributed by atoms with E-state index < -0.39 is 0 Å². The maximum absolute atomic E-state index is 9.52. The van der Waals surface area contributed by atoms with E-state index in [1.165, 1.54) is 0 Å². The molecule has 112 valence electrons. The normalized spacial score (nSPS) is 16.7. The molecule has 0 bridgehead atoms. The molecule has 1 aromatic carbocycles. The van der Waals surface area contributed by atoms with Crippen molar-refractivity contribution in [3.05, 3.63) is 52.5 Å². The van der Waals surface area contributed by atoms with Crippen LogP contribution in [0.2, 0.25) is 0 Å². The molecular weight excluding hydrogens is 280 g/mol. The Morgan fingerprint density at radius 1 is 1.50 bits per heavy atom. The van der Waals surface area contributed by atoms with Crippen LogP contribution in [-0.4, -0.2) is 17.3 Å². The number of aromatic amines is 1. The van der Waals surface area contributed by atoms with Crippen LogP contribution in [0.1, 0.15) is 29.7 Å². The largest absolute Gasteiger partial charge is 0.497 e. The van der Waals surface area contributed by atoms with Gasteiger partial charge in [0.25, 0.3) is 0 Å². The third-order valence-electron chi connectivity index (χ3n) is 3.80. The van der Waals surface area contributed by atoms with Gasteiger partial charge in [0, 0.05) is 11.3 Å². The molecule has 0 saturated heterocycles. The van der Waals surface area contributed by atoms with Crippen LogP contribution in [-0.2, 0) is 6.42 Å². The summed E-state index contributed by atoms with van der Waals surface area (Å²) in [6.45, 7) is 2.02. The number of benzene rings is 1. The number of methoxy groups -OCH3 is 1. The molecule has 1 aliphatic heterocycles. The van der Waals surface area contributed by atoms with Gasteiger partial charge in [-0.1, -0.05) is 19.1 Å². The minimum atomic E-state index is -0.308. The van der Waals surface area contributed by atoms with Gasteiger partial charge in [-0.15, -0.1) is 5.10 Å². The molecule has 3 N–H and O–H groups in total. The van der Waals surface area contributed by atoms with Gasteiger partial charge in [-0.2, -0.15) is 5.26 Å². The molecule has 1 atom stereocenters. The zero-order chi connectivity index (χ0) is 15.7. The van der Waals surface area contributed by atoms with Crippen LogP contribution in [0.5, 0.6) is 11.6 Å². The van der Waals surface area contributed by atoms with E-state index in [1.807, 2.05) is 31.2 Å². The number of rotatable bonds is 3. The highest BCUT2D eigenvalue weighted by molar-refractivity contribution is 5.55. The Kier molecular flexibility index (Phi) is 3.47. The second kappa shape index (κ2) is 5.45. The topological polar surface area (TPSA) is 97.0 Å². The Balaban J connectivity index is 2.22. The van der Waals surface area contributed by atoms with Crippen LogP contribution in [0, 0.1) is 11.3 Å². The maximum Gasteiger partial charge on any atom is 0.244 e. The monoisotopic (exact) mass is 296 g/mol. The number of nitrogens with two attached hydrogens (primary N) is 1. The lowest BCUT2D eigenvalue weighted by Crippen LogP contribution is -2.21. The van der Waals surface area contributed by atoms with Gasteiger partial charge in [-0.05, 0) is 24.1 Å². The molecule has 6 nitrogen and oxygen atoms in total. The van der Waals surface area contributed by atoms with E-state index in [0.717, 1.165) is 29.0 Å². The summed E-state index contributed by atoms with van der Waals surface area (Å²) < 4.78 is 10.8. The summed E-state index contributed by atoms with van der Waals surface area (Å²) in [5.41, 5.74) is 9.00. The first-order chi connectivity index (χ1) is 10.7. The predicted octanol–water partition coefficient (Wildman–Crippen LogP) is 2.20. The molecule has 2 aromatic rings. The summed E-state index contributed by atoms with van der Waals surface area (Å²) in [6, 6.07) is 9.76. The number of nitriles is 1. The lowest BCUT2D eigenvalue weighted by molar-refractivity contribution is 0.378. The van der Waals surface area contributed by atoms with Crippen LogP contribution >= 0.6 is 0 Å². The molecule has 22 heavy (non-hydrogen) atoms. The fourth-order valence-electron chi connectivity index (χ4n) is 2.73. The third kappa shape index (κ3) is 2.07. The average molecular weight is 296 g/mol. The first-order valence-corrected chi connectivity index (χ1v) is 6.98. The molecule has 0 spiro atoms. The first kappa shape index (κ1) is 14.0. The van der Waals surface area contributed by atoms with Crippen LogP contribution in [0.25, 0.3) is 0 Å². The van der Waals surface area contributed by atoms with E-state index in [4.69, 9.17) is 15.2 Å². The number of ether oxygens (including phenoxy) is 2. The Hall–Kier alpha value is -2.94. The third-order valence-corrected chi connectivity index (χ3v) is 3.80. The van der Waals surface area contributed by atoms with Crippen LogP contribution in [0.4, 0.5) is 0 Å². The number of hydrogen-bond donors (Lipinski definition) is 2. The highest BCUT2D eigenvalue weighted by atomic mass is 16.5. The second-order valence-corrected chi connectivity index (χ2v) is 4.98. The predicted molar refractivity (Wildman–Crippen MR) is 80.3 cm³/mol. The van der Waals surface area contributed by atoms with Gasteiger partial charge in [0.1, 0.15) is 17.4 Å². The minimum absolute atomic E-state index is 0.0944. The van der Waals surface area contributed by atoms with Crippen molar-refractivity contribution in [1.29, 1.82) is 5.26 Å². The smallest absolute Gasteiger partial charge is 0.244 e. The number of nitrogens with one attached hydrogen (secondary N) is 1. The fraction of sp³-hybridized carbons (Fsp3) is 0.250. The molecule has 0 aliphatic carbocycles. The Morgan fingerprint density at radius 2 is 2.32 bits per heavy atom. The number of fused-ring (bicyclic) bond motifs is 1. The molecule has 6 heteroatoms. The molecule has 1 aliphatic rings. The number of H-pyrrole nitrogens is 1. The molecule has 0 radical (unpaired) electrons. The number of aromatic nitrogens is 2. The molecule has 2 heterocycles. The van der Waals surface area contributed by atoms with E-state index >= 15 is 0 Å². The van der Waals surface area contributed by atoms with Crippen LogP contribution in [0.15, 0.2) is 35.7 Å². The van der Waals surface area contributed by atoms with Crippen molar-refractivity contribution < 1.29 is 9.47 Å². The van der Waals surface area contributed by atoms with Gasteiger partial charge in [0.05, 0.1) is 13.0 Å². The summed E-state index contributed by atoms with van der Waals surface area (Å²) in [4.78, 5) is 0. The standard InChI is InChI=1S/C16H16N4O2/c1-3-12-14-13(9-5-4-6-10(7-9)21-2)11(8-17)15(18)22-16(14)20-19-12/h4-7,13H,3,18H2,1-2H3,(H,19,20). The zero-order valence-electron chi connectivity index (χ0n) is 12.4.